The minimum atomic E-state index is -3.57. The highest BCUT2D eigenvalue weighted by Gasteiger charge is 2.28. The second-order valence-corrected chi connectivity index (χ2v) is 11.2. The maximum Gasteiger partial charge on any atom is 0.242 e. The average molecular weight is 520 g/mol. The van der Waals surface area contributed by atoms with E-state index in [2.05, 4.69) is 5.32 Å². The first kappa shape index (κ1) is 29.3. The van der Waals surface area contributed by atoms with Crippen molar-refractivity contribution in [2.75, 3.05) is 17.1 Å². The van der Waals surface area contributed by atoms with Gasteiger partial charge in [-0.15, -0.1) is 0 Å². The van der Waals surface area contributed by atoms with E-state index in [0.29, 0.717) is 11.3 Å². The van der Waals surface area contributed by atoms with Crippen LogP contribution in [-0.4, -0.2) is 50.0 Å². The van der Waals surface area contributed by atoms with Gasteiger partial charge in [-0.1, -0.05) is 31.2 Å². The fourth-order valence-corrected chi connectivity index (χ4v) is 4.70. The first-order chi connectivity index (χ1) is 16.8. The first-order valence-electron chi connectivity index (χ1n) is 12.2. The molecule has 2 rings (SSSR count). The topological polar surface area (TPSA) is 86.8 Å². The number of aryl methyl sites for hydroxylation is 2. The molecule has 2 atom stereocenters. The van der Waals surface area contributed by atoms with E-state index in [-0.39, 0.29) is 43.8 Å². The molecule has 0 fully saturated rings. The molecule has 36 heavy (non-hydrogen) atoms. The Morgan fingerprint density at radius 3 is 2.31 bits per heavy atom. The van der Waals surface area contributed by atoms with Gasteiger partial charge in [-0.2, -0.15) is 0 Å². The highest BCUT2D eigenvalue weighted by atomic mass is 32.2. The summed E-state index contributed by atoms with van der Waals surface area (Å²) in [6, 6.07) is 10.7. The Labute approximate surface area is 214 Å². The average Bonchev–Trinajstić information content (AvgIpc) is 2.81. The molecular formula is C27H38FN3O4S. The monoisotopic (exact) mass is 519 g/mol. The fraction of sp³-hybridized carbons (Fsp3) is 0.481. The third kappa shape index (κ3) is 8.05. The van der Waals surface area contributed by atoms with Crippen LogP contribution < -0.4 is 9.62 Å². The largest absolute Gasteiger partial charge is 0.352 e. The predicted octanol–water partition coefficient (Wildman–Crippen LogP) is 4.32. The Hall–Kier alpha value is -2.94. The van der Waals surface area contributed by atoms with Crippen LogP contribution in [0.4, 0.5) is 10.1 Å². The van der Waals surface area contributed by atoms with E-state index in [4.69, 9.17) is 0 Å². The lowest BCUT2D eigenvalue weighted by Gasteiger charge is -2.30. The summed E-state index contributed by atoms with van der Waals surface area (Å²) in [5.41, 5.74) is 2.87. The summed E-state index contributed by atoms with van der Waals surface area (Å²) >= 11 is 0. The Morgan fingerprint density at radius 2 is 1.72 bits per heavy atom. The molecule has 2 aromatic carbocycles. The molecule has 0 aliphatic carbocycles. The number of carbonyl (C=O) groups is 2. The molecule has 198 valence electrons. The number of carbonyl (C=O) groups excluding carboxylic acids is 2. The molecule has 0 aliphatic rings. The maximum absolute atomic E-state index is 14.4. The fourth-order valence-electron chi connectivity index (χ4n) is 3.74. The smallest absolute Gasteiger partial charge is 0.242 e. The van der Waals surface area contributed by atoms with Gasteiger partial charge in [-0.3, -0.25) is 13.9 Å². The number of nitrogens with zero attached hydrogens (tertiary/aromatic N) is 2. The van der Waals surface area contributed by atoms with Gasteiger partial charge in [-0.05, 0) is 69.9 Å². The van der Waals surface area contributed by atoms with Crippen LogP contribution in [0.15, 0.2) is 42.5 Å². The molecule has 2 aromatic rings. The highest BCUT2D eigenvalue weighted by Crippen LogP contribution is 2.22. The van der Waals surface area contributed by atoms with Crippen LogP contribution >= 0.6 is 0 Å². The zero-order valence-electron chi connectivity index (χ0n) is 22.0. The third-order valence-corrected chi connectivity index (χ3v) is 7.59. The quantitative estimate of drug-likeness (QED) is 0.453. The Morgan fingerprint density at radius 1 is 1.06 bits per heavy atom. The molecule has 0 heterocycles. The van der Waals surface area contributed by atoms with Crippen molar-refractivity contribution < 1.29 is 22.4 Å². The number of amides is 2. The van der Waals surface area contributed by atoms with E-state index >= 15 is 0 Å². The lowest BCUT2D eigenvalue weighted by molar-refractivity contribution is -0.141. The molecule has 9 heteroatoms. The lowest BCUT2D eigenvalue weighted by atomic mass is 10.1. The highest BCUT2D eigenvalue weighted by molar-refractivity contribution is 7.92. The van der Waals surface area contributed by atoms with Crippen molar-refractivity contribution in [2.24, 2.45) is 0 Å². The number of nitrogens with one attached hydrogen (secondary N) is 1. The summed E-state index contributed by atoms with van der Waals surface area (Å²) in [6.07, 6.45) is 2.12. The molecule has 1 N–H and O–H groups in total. The van der Waals surface area contributed by atoms with Crippen molar-refractivity contribution in [3.63, 3.8) is 0 Å². The molecule has 0 unspecified atom stereocenters. The summed E-state index contributed by atoms with van der Waals surface area (Å²) < 4.78 is 40.6. The van der Waals surface area contributed by atoms with Gasteiger partial charge >= 0.3 is 0 Å². The Bertz CT molecular complexity index is 1170. The zero-order valence-corrected chi connectivity index (χ0v) is 22.9. The van der Waals surface area contributed by atoms with Gasteiger partial charge in [0.05, 0.1) is 11.9 Å². The number of hydrogen-bond donors (Lipinski definition) is 1. The SMILES string of the molecule is CC[C@H](C)NC(=O)[C@@H](C)N(Cc1ccccc1F)C(=O)CCCN(c1ccc(C)c(C)c1)S(C)(=O)=O. The van der Waals surface area contributed by atoms with Crippen LogP contribution in [0.3, 0.4) is 0 Å². The molecule has 0 bridgehead atoms. The van der Waals surface area contributed by atoms with E-state index < -0.39 is 21.9 Å². The molecule has 0 aliphatic heterocycles. The van der Waals surface area contributed by atoms with Gasteiger partial charge < -0.3 is 10.2 Å². The normalized spacial score (nSPS) is 13.1. The van der Waals surface area contributed by atoms with Gasteiger partial charge in [0.1, 0.15) is 11.9 Å². The molecule has 2 amide bonds. The number of halogens is 1. The molecular weight excluding hydrogens is 481 g/mol. The van der Waals surface area contributed by atoms with Gasteiger partial charge in [-0.25, -0.2) is 12.8 Å². The van der Waals surface area contributed by atoms with Crippen LogP contribution in [0.1, 0.15) is 56.7 Å². The second kappa shape index (κ2) is 12.9. The van der Waals surface area contributed by atoms with Crippen molar-refractivity contribution in [1.82, 2.24) is 10.2 Å². The standard InChI is InChI=1S/C27H38FN3O4S/c1-7-21(4)29-27(33)22(5)30(18-23-11-8-9-12-25(23)28)26(32)13-10-16-31(36(6,34)35)24-15-14-19(2)20(3)17-24/h8-9,11-12,14-15,17,21-22H,7,10,13,16,18H2,1-6H3,(H,29,33)/t21-,22+/m0/s1. The Balaban J connectivity index is 2.20. The second-order valence-electron chi connectivity index (χ2n) is 9.31. The van der Waals surface area contributed by atoms with Crippen LogP contribution in [0.25, 0.3) is 0 Å². The molecule has 0 saturated carbocycles. The van der Waals surface area contributed by atoms with E-state index in [1.807, 2.05) is 39.8 Å². The molecule has 7 nitrogen and oxygen atoms in total. The number of anilines is 1. The predicted molar refractivity (Wildman–Crippen MR) is 142 cm³/mol. The molecule has 0 radical (unpaired) electrons. The van der Waals surface area contributed by atoms with Crippen molar-refractivity contribution >= 4 is 27.5 Å². The van der Waals surface area contributed by atoms with E-state index in [9.17, 15) is 22.4 Å². The summed E-state index contributed by atoms with van der Waals surface area (Å²) in [4.78, 5) is 27.4. The number of sulfonamides is 1. The summed E-state index contributed by atoms with van der Waals surface area (Å²) in [6.45, 7) is 9.34. The van der Waals surface area contributed by atoms with Crippen LogP contribution in [0.5, 0.6) is 0 Å². The summed E-state index contributed by atoms with van der Waals surface area (Å²) in [5, 5.41) is 2.88. The maximum atomic E-state index is 14.4. The number of benzene rings is 2. The zero-order chi connectivity index (χ0) is 27.0. The summed E-state index contributed by atoms with van der Waals surface area (Å²) in [5.74, 6) is -1.12. The van der Waals surface area contributed by atoms with E-state index in [1.165, 1.54) is 15.3 Å². The van der Waals surface area contributed by atoms with Crippen molar-refractivity contribution in [1.29, 1.82) is 0 Å². The minimum Gasteiger partial charge on any atom is -0.352 e. The number of rotatable bonds is 12. The third-order valence-electron chi connectivity index (χ3n) is 6.40. The first-order valence-corrected chi connectivity index (χ1v) is 14.1. The molecule has 0 saturated heterocycles. The van der Waals surface area contributed by atoms with Crippen LogP contribution in [-0.2, 0) is 26.2 Å². The van der Waals surface area contributed by atoms with Gasteiger partial charge in [0.15, 0.2) is 0 Å². The van der Waals surface area contributed by atoms with E-state index in [0.717, 1.165) is 23.8 Å². The Kier molecular flexibility index (Phi) is 10.5. The van der Waals surface area contributed by atoms with Crippen LogP contribution in [0.2, 0.25) is 0 Å². The number of hydrogen-bond acceptors (Lipinski definition) is 4. The van der Waals surface area contributed by atoms with Crippen LogP contribution in [0, 0.1) is 19.7 Å². The van der Waals surface area contributed by atoms with Crippen molar-refractivity contribution in [2.45, 2.75) is 72.5 Å². The van der Waals surface area contributed by atoms with Gasteiger partial charge in [0, 0.05) is 31.1 Å². The van der Waals surface area contributed by atoms with Crippen molar-refractivity contribution in [3.8, 4) is 0 Å². The molecule has 0 spiro atoms. The van der Waals surface area contributed by atoms with Crippen molar-refractivity contribution in [3.05, 3.63) is 65.0 Å². The lowest BCUT2D eigenvalue weighted by Crippen LogP contribution is -2.49. The van der Waals surface area contributed by atoms with Gasteiger partial charge in [0.2, 0.25) is 21.8 Å². The summed E-state index contributed by atoms with van der Waals surface area (Å²) in [7, 11) is -3.57. The molecule has 0 aromatic heterocycles. The van der Waals surface area contributed by atoms with E-state index in [1.54, 1.807) is 31.2 Å². The van der Waals surface area contributed by atoms with Gasteiger partial charge in [0.25, 0.3) is 0 Å². The minimum absolute atomic E-state index is 0.00622.